The van der Waals surface area contributed by atoms with Crippen LogP contribution in [-0.4, -0.2) is 24.1 Å². The summed E-state index contributed by atoms with van der Waals surface area (Å²) in [5, 5.41) is 14.2. The van der Waals surface area contributed by atoms with Gasteiger partial charge >= 0.3 is 0 Å². The number of hydrogen-bond acceptors (Lipinski definition) is 4. The third-order valence-electron chi connectivity index (χ3n) is 4.19. The molecule has 1 heterocycles. The van der Waals surface area contributed by atoms with Crippen molar-refractivity contribution in [1.29, 1.82) is 0 Å². The van der Waals surface area contributed by atoms with Gasteiger partial charge < -0.3 is 10.1 Å². The van der Waals surface area contributed by atoms with Crippen molar-refractivity contribution in [3.63, 3.8) is 0 Å². The molecule has 2 unspecified atom stereocenters. The molecular weight excluding hydrogens is 292 g/mol. The Morgan fingerprint density at radius 2 is 1.87 bits per heavy atom. The molecule has 1 saturated heterocycles. The quantitative estimate of drug-likeness (QED) is 0.657. The molecule has 23 heavy (non-hydrogen) atoms. The van der Waals surface area contributed by atoms with Crippen LogP contribution in [0, 0.1) is 10.1 Å². The number of rotatable bonds is 6. The van der Waals surface area contributed by atoms with E-state index < -0.39 is 0 Å². The SMILES string of the molecule is O=[N+]([O-])c1ccc(CCNC2CCOC2c2ccccc2)cc1. The monoisotopic (exact) mass is 312 g/mol. The number of nitro benzene ring substituents is 1. The number of nitro groups is 1. The summed E-state index contributed by atoms with van der Waals surface area (Å²) in [5.74, 6) is 0. The maximum absolute atomic E-state index is 10.7. The van der Waals surface area contributed by atoms with Crippen LogP contribution in [0.4, 0.5) is 5.69 Å². The Kier molecular flexibility index (Phi) is 5.00. The summed E-state index contributed by atoms with van der Waals surface area (Å²) in [6, 6.07) is 17.3. The van der Waals surface area contributed by atoms with Gasteiger partial charge in [-0.1, -0.05) is 42.5 Å². The summed E-state index contributed by atoms with van der Waals surface area (Å²) in [6.45, 7) is 1.60. The lowest BCUT2D eigenvalue weighted by Gasteiger charge is -2.20. The van der Waals surface area contributed by atoms with Gasteiger partial charge in [-0.3, -0.25) is 10.1 Å². The van der Waals surface area contributed by atoms with Crippen molar-refractivity contribution in [1.82, 2.24) is 5.32 Å². The smallest absolute Gasteiger partial charge is 0.269 e. The fraction of sp³-hybridized carbons (Fsp3) is 0.333. The molecule has 2 aromatic rings. The molecule has 0 aliphatic carbocycles. The van der Waals surface area contributed by atoms with E-state index in [1.54, 1.807) is 12.1 Å². The van der Waals surface area contributed by atoms with E-state index >= 15 is 0 Å². The lowest BCUT2D eigenvalue weighted by Crippen LogP contribution is -2.33. The maximum atomic E-state index is 10.7. The molecule has 5 heteroatoms. The van der Waals surface area contributed by atoms with Crippen LogP contribution in [0.1, 0.15) is 23.7 Å². The molecular formula is C18H20N2O3. The van der Waals surface area contributed by atoms with Gasteiger partial charge in [-0.05, 0) is 30.5 Å². The summed E-state index contributed by atoms with van der Waals surface area (Å²) in [4.78, 5) is 10.3. The zero-order valence-electron chi connectivity index (χ0n) is 12.9. The lowest BCUT2D eigenvalue weighted by atomic mass is 10.0. The highest BCUT2D eigenvalue weighted by Crippen LogP contribution is 2.28. The highest BCUT2D eigenvalue weighted by molar-refractivity contribution is 5.33. The molecule has 1 N–H and O–H groups in total. The highest BCUT2D eigenvalue weighted by atomic mass is 16.6. The zero-order valence-corrected chi connectivity index (χ0v) is 12.9. The Labute approximate surface area is 135 Å². The Balaban J connectivity index is 1.52. The molecule has 2 atom stereocenters. The molecule has 0 bridgehead atoms. The minimum absolute atomic E-state index is 0.105. The van der Waals surface area contributed by atoms with Gasteiger partial charge in [0.1, 0.15) is 0 Å². The van der Waals surface area contributed by atoms with Crippen LogP contribution < -0.4 is 5.32 Å². The number of benzene rings is 2. The zero-order chi connectivity index (χ0) is 16.1. The first-order valence-corrected chi connectivity index (χ1v) is 7.87. The van der Waals surface area contributed by atoms with Crippen molar-refractivity contribution in [2.24, 2.45) is 0 Å². The fourth-order valence-corrected chi connectivity index (χ4v) is 2.96. The van der Waals surface area contributed by atoms with Gasteiger partial charge in [0.25, 0.3) is 5.69 Å². The second-order valence-electron chi connectivity index (χ2n) is 5.72. The first-order valence-electron chi connectivity index (χ1n) is 7.87. The average Bonchev–Trinajstić information content (AvgIpc) is 3.05. The second-order valence-corrected chi connectivity index (χ2v) is 5.72. The largest absolute Gasteiger partial charge is 0.372 e. The fourth-order valence-electron chi connectivity index (χ4n) is 2.96. The standard InChI is InChI=1S/C18H20N2O3/c21-20(22)16-8-6-14(7-9-16)10-12-19-17-11-13-23-18(17)15-4-2-1-3-5-15/h1-9,17-19H,10-13H2. The number of ether oxygens (including phenoxy) is 1. The topological polar surface area (TPSA) is 64.4 Å². The minimum atomic E-state index is -0.373. The summed E-state index contributed by atoms with van der Waals surface area (Å²) in [5.41, 5.74) is 2.44. The van der Waals surface area contributed by atoms with Crippen molar-refractivity contribution in [2.45, 2.75) is 25.0 Å². The molecule has 1 fully saturated rings. The van der Waals surface area contributed by atoms with E-state index in [2.05, 4.69) is 17.4 Å². The molecule has 2 aromatic carbocycles. The summed E-state index contributed by atoms with van der Waals surface area (Å²) >= 11 is 0. The van der Waals surface area contributed by atoms with Gasteiger partial charge in [-0.25, -0.2) is 0 Å². The molecule has 120 valence electrons. The molecule has 0 amide bonds. The highest BCUT2D eigenvalue weighted by Gasteiger charge is 2.28. The summed E-state index contributed by atoms with van der Waals surface area (Å²) in [7, 11) is 0. The van der Waals surface area contributed by atoms with Gasteiger partial charge in [0, 0.05) is 24.8 Å². The predicted octanol–water partition coefficient (Wildman–Crippen LogP) is 3.26. The van der Waals surface area contributed by atoms with Gasteiger partial charge in [0.15, 0.2) is 0 Å². The van der Waals surface area contributed by atoms with Crippen molar-refractivity contribution in [3.05, 3.63) is 75.8 Å². The molecule has 0 radical (unpaired) electrons. The van der Waals surface area contributed by atoms with E-state index in [4.69, 9.17) is 4.74 Å². The summed E-state index contributed by atoms with van der Waals surface area (Å²) < 4.78 is 5.86. The first-order chi connectivity index (χ1) is 11.2. The van der Waals surface area contributed by atoms with E-state index in [1.807, 2.05) is 30.3 Å². The molecule has 0 saturated carbocycles. The van der Waals surface area contributed by atoms with E-state index in [0.717, 1.165) is 31.6 Å². The van der Waals surface area contributed by atoms with Crippen molar-refractivity contribution in [2.75, 3.05) is 13.2 Å². The number of hydrogen-bond donors (Lipinski definition) is 1. The first kappa shape index (κ1) is 15.6. The molecule has 3 rings (SSSR count). The Morgan fingerprint density at radius 3 is 2.57 bits per heavy atom. The van der Waals surface area contributed by atoms with Crippen LogP contribution in [0.5, 0.6) is 0 Å². The third-order valence-corrected chi connectivity index (χ3v) is 4.19. The van der Waals surface area contributed by atoms with Gasteiger partial charge in [0.05, 0.1) is 11.0 Å². The molecule has 1 aliphatic rings. The van der Waals surface area contributed by atoms with Crippen LogP contribution in [0.25, 0.3) is 0 Å². The van der Waals surface area contributed by atoms with Crippen molar-refractivity contribution < 1.29 is 9.66 Å². The van der Waals surface area contributed by atoms with Gasteiger partial charge in [0.2, 0.25) is 0 Å². The van der Waals surface area contributed by atoms with Crippen LogP contribution in [0.3, 0.4) is 0 Å². The Bertz CT molecular complexity index is 643. The molecule has 1 aliphatic heterocycles. The summed E-state index contributed by atoms with van der Waals surface area (Å²) in [6.07, 6.45) is 1.95. The van der Waals surface area contributed by atoms with E-state index in [9.17, 15) is 10.1 Å². The van der Waals surface area contributed by atoms with Gasteiger partial charge in [-0.2, -0.15) is 0 Å². The number of non-ortho nitro benzene ring substituents is 1. The number of nitrogens with one attached hydrogen (secondary N) is 1. The van der Waals surface area contributed by atoms with E-state index in [1.165, 1.54) is 5.56 Å². The Hall–Kier alpha value is -2.24. The predicted molar refractivity (Wildman–Crippen MR) is 88.3 cm³/mol. The minimum Gasteiger partial charge on any atom is -0.372 e. The molecule has 0 spiro atoms. The van der Waals surface area contributed by atoms with Gasteiger partial charge in [-0.15, -0.1) is 0 Å². The van der Waals surface area contributed by atoms with Crippen LogP contribution in [0.15, 0.2) is 54.6 Å². The molecule has 0 aromatic heterocycles. The molecule has 5 nitrogen and oxygen atoms in total. The van der Waals surface area contributed by atoms with Crippen LogP contribution >= 0.6 is 0 Å². The van der Waals surface area contributed by atoms with E-state index in [0.29, 0.717) is 6.04 Å². The normalized spacial score (nSPS) is 20.5. The van der Waals surface area contributed by atoms with Crippen LogP contribution in [0.2, 0.25) is 0 Å². The average molecular weight is 312 g/mol. The van der Waals surface area contributed by atoms with Crippen LogP contribution in [-0.2, 0) is 11.2 Å². The van der Waals surface area contributed by atoms with Crippen molar-refractivity contribution in [3.8, 4) is 0 Å². The van der Waals surface area contributed by atoms with Crippen molar-refractivity contribution >= 4 is 5.69 Å². The number of nitrogens with zero attached hydrogens (tertiary/aromatic N) is 1. The van der Waals surface area contributed by atoms with E-state index in [-0.39, 0.29) is 16.7 Å². The Morgan fingerprint density at radius 1 is 1.13 bits per heavy atom. The third kappa shape index (κ3) is 3.94. The second kappa shape index (κ2) is 7.35. The lowest BCUT2D eigenvalue weighted by molar-refractivity contribution is -0.384. The maximum Gasteiger partial charge on any atom is 0.269 e.